The van der Waals surface area contributed by atoms with Gasteiger partial charge in [-0.3, -0.25) is 0 Å². The third-order valence-corrected chi connectivity index (χ3v) is 0.189. The van der Waals surface area contributed by atoms with Gasteiger partial charge in [0.05, 0.1) is 0 Å². The van der Waals surface area contributed by atoms with E-state index in [4.69, 9.17) is 0 Å². The van der Waals surface area contributed by atoms with Crippen LogP contribution in [0.4, 0.5) is 4.39 Å². The maximum absolute atomic E-state index is 10.6. The van der Waals surface area contributed by atoms with Gasteiger partial charge in [-0.15, -0.1) is 0 Å². The Morgan fingerprint density at radius 2 is 2.25 bits per heavy atom. The third kappa shape index (κ3) is 2.02. The van der Waals surface area contributed by atoms with Gasteiger partial charge in [-0.25, -0.2) is 4.39 Å². The van der Waals surface area contributed by atoms with E-state index in [1.54, 1.807) is 0 Å². The normalized spacial score (nSPS) is 6.25. The minimum absolute atomic E-state index is 0.491. The molecule has 24 valence electrons. The Morgan fingerprint density at radius 3 is 2.25 bits per heavy atom. The average molecular weight is 78.1 g/mol. The van der Waals surface area contributed by atoms with Crippen molar-refractivity contribution in [2.45, 2.75) is 0 Å². The van der Waals surface area contributed by atoms with E-state index in [1.807, 2.05) is 0 Å². The second-order valence-corrected chi connectivity index (χ2v) is 0.654. The van der Waals surface area contributed by atoms with Crippen LogP contribution in [-0.4, -0.2) is 12.0 Å². The summed E-state index contributed by atoms with van der Waals surface area (Å²) < 4.78 is 10.6. The van der Waals surface area contributed by atoms with Crippen LogP contribution in [0, 0.1) is 0 Å². The number of hydrogen-bond donors (Lipinski definition) is 0. The number of hydrogen-bond acceptors (Lipinski definition) is 1. The topological polar surface area (TPSA) is 0 Å². The molecule has 0 atom stereocenters. The van der Waals surface area contributed by atoms with Crippen molar-refractivity contribution < 1.29 is 4.39 Å². The van der Waals surface area contributed by atoms with Crippen molar-refractivity contribution in [2.24, 2.45) is 0 Å². The van der Waals surface area contributed by atoms with E-state index in [1.165, 1.54) is 0 Å². The van der Waals surface area contributed by atoms with E-state index in [0.29, 0.717) is 0 Å². The second-order valence-electron chi connectivity index (χ2n) is 0.321. The zero-order chi connectivity index (χ0) is 3.41. The van der Waals surface area contributed by atoms with Crippen LogP contribution in [0.5, 0.6) is 0 Å². The lowest BCUT2D eigenvalue weighted by atomic mass is 10.9. The van der Waals surface area contributed by atoms with Crippen molar-refractivity contribution in [3.05, 3.63) is 0 Å². The standard InChI is InChI=1S/C2H3FS/c3-1-2-4/h2H,1H2. The maximum atomic E-state index is 10.6. The minimum Gasteiger partial charge on any atom is -0.246 e. The molecule has 0 aliphatic carbocycles. The molecule has 0 aromatic rings. The zero-order valence-electron chi connectivity index (χ0n) is 2.07. The van der Waals surface area contributed by atoms with Gasteiger partial charge in [-0.05, 0) is 0 Å². The van der Waals surface area contributed by atoms with Gasteiger partial charge in [-0.2, -0.15) is 0 Å². The summed E-state index contributed by atoms with van der Waals surface area (Å²) in [7, 11) is 0. The van der Waals surface area contributed by atoms with Crippen LogP contribution in [0.3, 0.4) is 0 Å². The monoisotopic (exact) mass is 78.0 g/mol. The molecule has 0 radical (unpaired) electrons. The first kappa shape index (κ1) is 4.02. The van der Waals surface area contributed by atoms with Crippen molar-refractivity contribution >= 4 is 17.6 Å². The van der Waals surface area contributed by atoms with E-state index in [0.717, 1.165) is 5.37 Å². The van der Waals surface area contributed by atoms with E-state index >= 15 is 0 Å². The van der Waals surface area contributed by atoms with E-state index in [9.17, 15) is 4.39 Å². The van der Waals surface area contributed by atoms with Crippen LogP contribution >= 0.6 is 12.2 Å². The summed E-state index contributed by atoms with van der Waals surface area (Å²) in [5, 5.41) is 1.04. The molecule has 0 spiro atoms. The van der Waals surface area contributed by atoms with E-state index in [-0.39, 0.29) is 0 Å². The van der Waals surface area contributed by atoms with Crippen molar-refractivity contribution in [1.29, 1.82) is 0 Å². The molecule has 0 amide bonds. The first-order valence-electron chi connectivity index (χ1n) is 0.911. The van der Waals surface area contributed by atoms with Crippen molar-refractivity contribution in [3.8, 4) is 0 Å². The average Bonchev–Trinajstić information content (AvgIpc) is 1.37. The molecule has 0 aromatic carbocycles. The van der Waals surface area contributed by atoms with Gasteiger partial charge in [0.25, 0.3) is 0 Å². The Bertz CT molecular complexity index is 20.0. The molecule has 0 unspecified atom stereocenters. The number of thiocarbonyl (C=S) groups is 1. The zero-order valence-corrected chi connectivity index (χ0v) is 2.89. The fourth-order valence-corrected chi connectivity index (χ4v) is 0. The fraction of sp³-hybridized carbons (Fsp3) is 0.500. The minimum atomic E-state index is -0.491. The molecule has 0 aromatic heterocycles. The van der Waals surface area contributed by atoms with Gasteiger partial charge in [-0.1, -0.05) is 12.2 Å². The molecule has 0 saturated carbocycles. The highest BCUT2D eigenvalue weighted by atomic mass is 32.1. The highest BCUT2D eigenvalue weighted by Crippen LogP contribution is 1.52. The molecule has 0 heterocycles. The van der Waals surface area contributed by atoms with Gasteiger partial charge in [0.1, 0.15) is 6.67 Å². The Balaban J connectivity index is 2.30. The Kier molecular flexibility index (Phi) is 3.04. The summed E-state index contributed by atoms with van der Waals surface area (Å²) in [5.74, 6) is 0. The van der Waals surface area contributed by atoms with Crippen molar-refractivity contribution in [1.82, 2.24) is 0 Å². The summed E-state index contributed by atoms with van der Waals surface area (Å²) in [5.41, 5.74) is 0. The Labute approximate surface area is 29.6 Å². The Hall–Kier alpha value is 0.0200. The molecule has 0 aliphatic heterocycles. The van der Waals surface area contributed by atoms with E-state index in [2.05, 4.69) is 12.2 Å². The smallest absolute Gasteiger partial charge is 0.118 e. The Morgan fingerprint density at radius 1 is 2.00 bits per heavy atom. The number of halogens is 1. The fourth-order valence-electron chi connectivity index (χ4n) is 0. The maximum Gasteiger partial charge on any atom is 0.118 e. The predicted octanol–water partition coefficient (Wildman–Crippen LogP) is 0.956. The SMILES string of the molecule is FCC=S. The molecule has 4 heavy (non-hydrogen) atoms. The van der Waals surface area contributed by atoms with Gasteiger partial charge in [0, 0.05) is 5.37 Å². The molecule has 0 bridgehead atoms. The lowest BCUT2D eigenvalue weighted by Crippen LogP contribution is -1.60. The lowest BCUT2D eigenvalue weighted by molar-refractivity contribution is 0.591. The van der Waals surface area contributed by atoms with Crippen molar-refractivity contribution in [3.63, 3.8) is 0 Å². The summed E-state index contributed by atoms with van der Waals surface area (Å²) >= 11 is 4.05. The number of rotatable bonds is 1. The summed E-state index contributed by atoms with van der Waals surface area (Å²) in [4.78, 5) is 0. The first-order valence-corrected chi connectivity index (χ1v) is 1.38. The highest BCUT2D eigenvalue weighted by Gasteiger charge is 1.52. The molecule has 2 heteroatoms. The first-order chi connectivity index (χ1) is 1.91. The third-order valence-electron chi connectivity index (χ3n) is 0.0630. The van der Waals surface area contributed by atoms with Crippen LogP contribution in [0.2, 0.25) is 0 Å². The van der Waals surface area contributed by atoms with Crippen LogP contribution in [0.1, 0.15) is 0 Å². The molecule has 0 N–H and O–H groups in total. The summed E-state index contributed by atoms with van der Waals surface area (Å²) in [6, 6.07) is 0. The molecular formula is C2H3FS. The van der Waals surface area contributed by atoms with Crippen LogP contribution < -0.4 is 0 Å². The van der Waals surface area contributed by atoms with Crippen LogP contribution in [0.25, 0.3) is 0 Å². The van der Waals surface area contributed by atoms with Gasteiger partial charge >= 0.3 is 0 Å². The number of alkyl halides is 1. The second kappa shape index (κ2) is 3.02. The summed E-state index contributed by atoms with van der Waals surface area (Å²) in [6.45, 7) is -0.491. The van der Waals surface area contributed by atoms with Crippen LogP contribution in [0.15, 0.2) is 0 Å². The molecular weight excluding hydrogens is 75.1 g/mol. The molecule has 0 rings (SSSR count). The molecule has 0 nitrogen and oxygen atoms in total. The van der Waals surface area contributed by atoms with Gasteiger partial charge < -0.3 is 0 Å². The summed E-state index contributed by atoms with van der Waals surface area (Å²) in [6.07, 6.45) is 0. The molecule has 0 saturated heterocycles. The lowest BCUT2D eigenvalue weighted by Gasteiger charge is -1.52. The molecule has 0 aliphatic rings. The van der Waals surface area contributed by atoms with Crippen molar-refractivity contribution in [2.75, 3.05) is 6.67 Å². The quantitative estimate of drug-likeness (QED) is 0.421. The largest absolute Gasteiger partial charge is 0.246 e. The van der Waals surface area contributed by atoms with Crippen LogP contribution in [-0.2, 0) is 0 Å². The predicted molar refractivity (Wildman–Crippen MR) is 19.6 cm³/mol. The van der Waals surface area contributed by atoms with Gasteiger partial charge in [0.15, 0.2) is 0 Å². The highest BCUT2D eigenvalue weighted by molar-refractivity contribution is 7.79. The van der Waals surface area contributed by atoms with Gasteiger partial charge in [0.2, 0.25) is 0 Å². The van der Waals surface area contributed by atoms with E-state index < -0.39 is 6.67 Å². The molecule has 0 fully saturated rings.